The van der Waals surface area contributed by atoms with Crippen LogP contribution in [0.5, 0.6) is 5.88 Å². The van der Waals surface area contributed by atoms with E-state index in [-0.39, 0.29) is 11.1 Å². The Morgan fingerprint density at radius 3 is 2.62 bits per heavy atom. The molecular weight excluding hydrogens is 402 g/mol. The first-order valence-corrected chi connectivity index (χ1v) is 8.98. The zero-order valence-corrected chi connectivity index (χ0v) is 16.0. The quantitative estimate of drug-likeness (QED) is 0.609. The van der Waals surface area contributed by atoms with Gasteiger partial charge in [0.1, 0.15) is 6.61 Å². The number of nitrogens with zero attached hydrogens (tertiary/aromatic N) is 1. The molecule has 0 unspecified atom stereocenters. The molecule has 6 nitrogen and oxygen atoms in total. The van der Waals surface area contributed by atoms with Crippen LogP contribution in [0.4, 0.5) is 0 Å². The fraction of sp³-hybridized carbons (Fsp3) is 0.368. The second kappa shape index (κ2) is 8.62. The molecule has 1 aromatic carbocycles. The summed E-state index contributed by atoms with van der Waals surface area (Å²) in [6.07, 6.45) is 0. The topological polar surface area (TPSA) is 66.9 Å². The SMILES string of the molecule is COC(=O)c1ccc(Br)c(OCC2(COCc3ccccc3)COC2)n1. The molecule has 1 fully saturated rings. The standard InChI is InChI=1S/C19H20BrNO5/c1-23-18(22)16-8-7-15(20)17(21-16)26-13-19(11-25-12-19)10-24-9-14-5-3-2-4-6-14/h2-8H,9-13H2,1H3. The number of pyridine rings is 1. The number of methoxy groups -OCH3 is 1. The van der Waals surface area contributed by atoms with E-state index in [0.717, 1.165) is 5.56 Å². The number of hydrogen-bond acceptors (Lipinski definition) is 6. The molecule has 26 heavy (non-hydrogen) atoms. The Morgan fingerprint density at radius 2 is 1.96 bits per heavy atom. The third-order valence-corrected chi connectivity index (χ3v) is 4.66. The molecule has 1 aliphatic heterocycles. The van der Waals surface area contributed by atoms with Crippen molar-refractivity contribution in [1.29, 1.82) is 0 Å². The second-order valence-corrected chi connectivity index (χ2v) is 7.09. The van der Waals surface area contributed by atoms with E-state index >= 15 is 0 Å². The van der Waals surface area contributed by atoms with Gasteiger partial charge in [0, 0.05) is 0 Å². The normalized spacial score (nSPS) is 15.2. The van der Waals surface area contributed by atoms with E-state index in [1.807, 2.05) is 30.3 Å². The number of carbonyl (C=O) groups excluding carboxylic acids is 1. The number of ether oxygens (including phenoxy) is 4. The van der Waals surface area contributed by atoms with E-state index in [1.165, 1.54) is 7.11 Å². The van der Waals surface area contributed by atoms with Gasteiger partial charge in [-0.15, -0.1) is 0 Å². The van der Waals surface area contributed by atoms with E-state index < -0.39 is 5.97 Å². The van der Waals surface area contributed by atoms with E-state index in [1.54, 1.807) is 12.1 Å². The third kappa shape index (κ3) is 4.60. The fourth-order valence-corrected chi connectivity index (χ4v) is 2.86. The van der Waals surface area contributed by atoms with Crippen molar-refractivity contribution >= 4 is 21.9 Å². The molecule has 0 atom stereocenters. The first-order chi connectivity index (χ1) is 12.6. The largest absolute Gasteiger partial charge is 0.476 e. The highest BCUT2D eigenvalue weighted by Crippen LogP contribution is 2.31. The summed E-state index contributed by atoms with van der Waals surface area (Å²) in [5.41, 5.74) is 1.11. The van der Waals surface area contributed by atoms with Crippen LogP contribution in [0.1, 0.15) is 16.1 Å². The van der Waals surface area contributed by atoms with Gasteiger partial charge in [-0.3, -0.25) is 0 Å². The van der Waals surface area contributed by atoms with Gasteiger partial charge in [0.05, 0.1) is 43.4 Å². The molecule has 0 amide bonds. The van der Waals surface area contributed by atoms with Crippen molar-refractivity contribution in [3.8, 4) is 5.88 Å². The molecule has 0 N–H and O–H groups in total. The number of hydrogen-bond donors (Lipinski definition) is 0. The molecule has 0 aliphatic carbocycles. The molecule has 2 heterocycles. The van der Waals surface area contributed by atoms with Crippen molar-refractivity contribution in [3.63, 3.8) is 0 Å². The highest BCUT2D eigenvalue weighted by atomic mass is 79.9. The van der Waals surface area contributed by atoms with Crippen LogP contribution in [0.25, 0.3) is 0 Å². The van der Waals surface area contributed by atoms with Crippen LogP contribution < -0.4 is 4.74 Å². The van der Waals surface area contributed by atoms with Gasteiger partial charge >= 0.3 is 5.97 Å². The van der Waals surface area contributed by atoms with Crippen molar-refractivity contribution in [2.45, 2.75) is 6.61 Å². The van der Waals surface area contributed by atoms with Crippen LogP contribution in [0, 0.1) is 5.41 Å². The molecule has 1 aromatic heterocycles. The number of benzene rings is 1. The number of esters is 1. The maximum atomic E-state index is 11.6. The van der Waals surface area contributed by atoms with Gasteiger partial charge in [-0.1, -0.05) is 30.3 Å². The maximum absolute atomic E-state index is 11.6. The minimum absolute atomic E-state index is 0.199. The Labute approximate surface area is 160 Å². The van der Waals surface area contributed by atoms with Gasteiger partial charge in [0.2, 0.25) is 5.88 Å². The van der Waals surface area contributed by atoms with E-state index in [9.17, 15) is 4.79 Å². The van der Waals surface area contributed by atoms with Gasteiger partial charge in [-0.2, -0.15) is 0 Å². The van der Waals surface area contributed by atoms with Crippen LogP contribution in [0.2, 0.25) is 0 Å². The summed E-state index contributed by atoms with van der Waals surface area (Å²) in [5, 5.41) is 0. The average molecular weight is 422 g/mol. The molecule has 3 rings (SSSR count). The predicted octanol–water partition coefficient (Wildman–Crippen LogP) is 3.24. The lowest BCUT2D eigenvalue weighted by atomic mass is 9.88. The summed E-state index contributed by atoms with van der Waals surface area (Å²) in [7, 11) is 1.32. The summed E-state index contributed by atoms with van der Waals surface area (Å²) in [6, 6.07) is 13.3. The van der Waals surface area contributed by atoms with Crippen LogP contribution in [-0.4, -0.2) is 44.5 Å². The Hall–Kier alpha value is -1.96. The molecule has 7 heteroatoms. The molecule has 1 aliphatic rings. The Bertz CT molecular complexity index is 749. The van der Waals surface area contributed by atoms with E-state index in [4.69, 9.17) is 18.9 Å². The Kier molecular flexibility index (Phi) is 6.24. The predicted molar refractivity (Wildman–Crippen MR) is 98.1 cm³/mol. The molecule has 1 saturated heterocycles. The van der Waals surface area contributed by atoms with Crippen molar-refractivity contribution in [2.75, 3.05) is 33.5 Å². The zero-order chi connectivity index (χ0) is 18.4. The fourth-order valence-electron chi connectivity index (χ4n) is 2.52. The lowest BCUT2D eigenvalue weighted by Gasteiger charge is -2.40. The van der Waals surface area contributed by atoms with Crippen molar-refractivity contribution in [2.24, 2.45) is 5.41 Å². The van der Waals surface area contributed by atoms with E-state index in [0.29, 0.717) is 43.4 Å². The summed E-state index contributed by atoms with van der Waals surface area (Å²) in [4.78, 5) is 15.8. The highest BCUT2D eigenvalue weighted by Gasteiger charge is 2.40. The van der Waals surface area contributed by atoms with Gasteiger partial charge in [0.25, 0.3) is 0 Å². The first-order valence-electron chi connectivity index (χ1n) is 8.19. The summed E-state index contributed by atoms with van der Waals surface area (Å²) >= 11 is 3.39. The van der Waals surface area contributed by atoms with Crippen molar-refractivity contribution in [1.82, 2.24) is 4.98 Å². The van der Waals surface area contributed by atoms with E-state index in [2.05, 4.69) is 20.9 Å². The molecule has 138 valence electrons. The van der Waals surface area contributed by atoms with Crippen LogP contribution >= 0.6 is 15.9 Å². The number of halogens is 1. The highest BCUT2D eigenvalue weighted by molar-refractivity contribution is 9.10. The Morgan fingerprint density at radius 1 is 1.19 bits per heavy atom. The number of aromatic nitrogens is 1. The number of rotatable bonds is 8. The smallest absolute Gasteiger partial charge is 0.356 e. The van der Waals surface area contributed by atoms with Crippen LogP contribution in [-0.2, 0) is 20.8 Å². The molecular formula is C19H20BrNO5. The average Bonchev–Trinajstić information content (AvgIpc) is 2.64. The van der Waals surface area contributed by atoms with Crippen molar-refractivity contribution in [3.05, 3.63) is 58.2 Å². The molecule has 0 saturated carbocycles. The van der Waals surface area contributed by atoms with Gasteiger partial charge < -0.3 is 18.9 Å². The molecule has 2 aromatic rings. The minimum atomic E-state index is -0.504. The maximum Gasteiger partial charge on any atom is 0.356 e. The van der Waals surface area contributed by atoms with Gasteiger partial charge in [0.15, 0.2) is 5.69 Å². The molecule has 0 spiro atoms. The van der Waals surface area contributed by atoms with Crippen LogP contribution in [0.15, 0.2) is 46.9 Å². The lowest BCUT2D eigenvalue weighted by molar-refractivity contribution is -0.166. The third-order valence-electron chi connectivity index (χ3n) is 4.06. The minimum Gasteiger partial charge on any atom is -0.476 e. The Balaban J connectivity index is 1.57. The first kappa shape index (κ1) is 18.8. The molecule has 0 radical (unpaired) electrons. The summed E-state index contributed by atoms with van der Waals surface area (Å²) in [5.74, 6) is -0.155. The second-order valence-electron chi connectivity index (χ2n) is 6.23. The lowest BCUT2D eigenvalue weighted by Crippen LogP contribution is -2.50. The number of carbonyl (C=O) groups is 1. The monoisotopic (exact) mass is 421 g/mol. The van der Waals surface area contributed by atoms with Gasteiger partial charge in [-0.05, 0) is 33.6 Å². The summed E-state index contributed by atoms with van der Waals surface area (Å²) < 4.78 is 22.5. The summed E-state index contributed by atoms with van der Waals surface area (Å²) in [6.45, 7) is 2.59. The zero-order valence-electron chi connectivity index (χ0n) is 14.4. The molecule has 0 bridgehead atoms. The van der Waals surface area contributed by atoms with Crippen LogP contribution in [0.3, 0.4) is 0 Å². The van der Waals surface area contributed by atoms with Gasteiger partial charge in [-0.25, -0.2) is 9.78 Å². The van der Waals surface area contributed by atoms with Crippen molar-refractivity contribution < 1.29 is 23.7 Å².